The van der Waals surface area contributed by atoms with Crippen LogP contribution in [0.5, 0.6) is 0 Å². The van der Waals surface area contributed by atoms with Crippen LogP contribution < -0.4 is 0 Å². The van der Waals surface area contributed by atoms with Gasteiger partial charge in [0.2, 0.25) is 0 Å². The minimum atomic E-state index is -0.193. The average molecular weight is 708 g/mol. The van der Waals surface area contributed by atoms with Gasteiger partial charge in [-0.1, -0.05) is 130 Å². The van der Waals surface area contributed by atoms with Crippen molar-refractivity contribution in [3.63, 3.8) is 0 Å². The summed E-state index contributed by atoms with van der Waals surface area (Å²) in [5.74, 6) is 0.304. The van der Waals surface area contributed by atoms with Gasteiger partial charge in [-0.3, -0.25) is 0 Å². The summed E-state index contributed by atoms with van der Waals surface area (Å²) in [6, 6.07) is 52.9. The molecule has 12 rings (SSSR count). The number of benzene rings is 7. The van der Waals surface area contributed by atoms with E-state index in [0.29, 0.717) is 5.92 Å². The molecular weight excluding hydrogens is 671 g/mol. The van der Waals surface area contributed by atoms with Crippen LogP contribution in [0.1, 0.15) is 61.1 Å². The quantitative estimate of drug-likeness (QED) is 0.183. The first-order chi connectivity index (χ1) is 26.9. The lowest BCUT2D eigenvalue weighted by Crippen LogP contribution is -2.16. The fourth-order valence-electron chi connectivity index (χ4n) is 10.0. The van der Waals surface area contributed by atoms with Gasteiger partial charge in [0.05, 0.1) is 5.52 Å². The van der Waals surface area contributed by atoms with Gasteiger partial charge in [0.25, 0.3) is 0 Å². The van der Waals surface area contributed by atoms with E-state index in [0.717, 1.165) is 50.7 Å². The summed E-state index contributed by atoms with van der Waals surface area (Å²) in [5.41, 5.74) is 18.8. The lowest BCUT2D eigenvalue weighted by molar-refractivity contribution is 0.652. The number of aromatic nitrogens is 1. The van der Waals surface area contributed by atoms with Crippen LogP contribution >= 0.6 is 0 Å². The Morgan fingerprint density at radius 2 is 1.27 bits per heavy atom. The first kappa shape index (κ1) is 30.8. The molecule has 3 nitrogen and oxygen atoms in total. The summed E-state index contributed by atoms with van der Waals surface area (Å²) in [4.78, 5) is 0. The standard InChI is InChI=1S/C52H37NO2/c1-30-26-33(31-12-5-4-6-13-31)28-42-41-27-32(35-16-11-17-38-36-14-7-9-18-46(36)54-50(35)38)20-25-45(41)53(49(30)42)34-21-22-40-44(29-34)52(2,3)43-24-23-39-37-15-8-10-19-47(37)55-51(39)48(40)43/h4-25,27-30H,26H2,1-3H3. The summed E-state index contributed by atoms with van der Waals surface area (Å²) in [5, 5.41) is 5.90. The molecule has 2 aliphatic carbocycles. The van der Waals surface area contributed by atoms with Crippen molar-refractivity contribution in [3.05, 3.63) is 174 Å². The number of furan rings is 2. The maximum Gasteiger partial charge on any atom is 0.143 e. The Labute approximate surface area is 318 Å². The van der Waals surface area contributed by atoms with Crippen LogP contribution in [0.25, 0.3) is 94.4 Å². The molecule has 0 saturated carbocycles. The van der Waals surface area contributed by atoms with Gasteiger partial charge in [-0.05, 0) is 82.3 Å². The monoisotopic (exact) mass is 707 g/mol. The van der Waals surface area contributed by atoms with Gasteiger partial charge in [-0.2, -0.15) is 0 Å². The summed E-state index contributed by atoms with van der Waals surface area (Å²) >= 11 is 0. The van der Waals surface area contributed by atoms with Crippen molar-refractivity contribution in [1.29, 1.82) is 0 Å². The van der Waals surface area contributed by atoms with Crippen LogP contribution in [0, 0.1) is 0 Å². The number of nitrogens with zero attached hydrogens (tertiary/aromatic N) is 1. The fraction of sp³-hybridized carbons (Fsp3) is 0.115. The predicted octanol–water partition coefficient (Wildman–Crippen LogP) is 14.5. The van der Waals surface area contributed by atoms with Crippen molar-refractivity contribution >= 4 is 66.4 Å². The van der Waals surface area contributed by atoms with Gasteiger partial charge in [-0.25, -0.2) is 0 Å². The lowest BCUT2D eigenvalue weighted by atomic mass is 9.82. The van der Waals surface area contributed by atoms with Crippen LogP contribution in [0.15, 0.2) is 154 Å². The maximum atomic E-state index is 6.61. The van der Waals surface area contributed by atoms with Crippen molar-refractivity contribution < 1.29 is 8.83 Å². The van der Waals surface area contributed by atoms with Crippen molar-refractivity contribution in [2.24, 2.45) is 0 Å². The summed E-state index contributed by atoms with van der Waals surface area (Å²) in [6.45, 7) is 7.12. The number of hydrogen-bond donors (Lipinski definition) is 0. The van der Waals surface area contributed by atoms with Crippen LogP contribution in [-0.2, 0) is 5.41 Å². The first-order valence-electron chi connectivity index (χ1n) is 19.4. The largest absolute Gasteiger partial charge is 0.455 e. The van der Waals surface area contributed by atoms with Crippen molar-refractivity contribution in [2.75, 3.05) is 0 Å². The zero-order chi connectivity index (χ0) is 36.6. The number of fused-ring (bicyclic) bond motifs is 13. The second-order valence-electron chi connectivity index (χ2n) is 16.1. The molecule has 10 aromatic rings. The third-order valence-electron chi connectivity index (χ3n) is 12.6. The van der Waals surface area contributed by atoms with Crippen molar-refractivity contribution in [3.8, 4) is 27.9 Å². The van der Waals surface area contributed by atoms with Gasteiger partial charge in [0.15, 0.2) is 0 Å². The number of allylic oxidation sites excluding steroid dienone is 1. The number of rotatable bonds is 3. The van der Waals surface area contributed by atoms with Crippen LogP contribution in [0.2, 0.25) is 0 Å². The molecule has 262 valence electrons. The molecule has 1 atom stereocenters. The second kappa shape index (κ2) is 11.0. The van der Waals surface area contributed by atoms with E-state index in [9.17, 15) is 0 Å². The minimum absolute atomic E-state index is 0.193. The van der Waals surface area contributed by atoms with E-state index in [1.54, 1.807) is 0 Å². The fourth-order valence-corrected chi connectivity index (χ4v) is 10.0. The third-order valence-corrected chi connectivity index (χ3v) is 12.6. The first-order valence-corrected chi connectivity index (χ1v) is 19.4. The van der Waals surface area contributed by atoms with Crippen molar-refractivity contribution in [1.82, 2.24) is 4.57 Å². The Bertz CT molecular complexity index is 3270. The van der Waals surface area contributed by atoms with Gasteiger partial charge in [0.1, 0.15) is 22.3 Å². The van der Waals surface area contributed by atoms with E-state index < -0.39 is 0 Å². The Hall–Kier alpha value is -6.58. The molecule has 0 bridgehead atoms. The minimum Gasteiger partial charge on any atom is -0.455 e. The van der Waals surface area contributed by atoms with Gasteiger partial charge in [-0.15, -0.1) is 0 Å². The number of hydrogen-bond acceptors (Lipinski definition) is 2. The summed E-state index contributed by atoms with van der Waals surface area (Å²) < 4.78 is 15.7. The number of para-hydroxylation sites is 3. The molecule has 7 aromatic carbocycles. The average Bonchev–Trinajstić information content (AvgIpc) is 3.95. The molecule has 0 radical (unpaired) electrons. The molecule has 0 saturated heterocycles. The highest BCUT2D eigenvalue weighted by Crippen LogP contribution is 2.54. The lowest BCUT2D eigenvalue weighted by Gasteiger charge is -2.25. The molecule has 55 heavy (non-hydrogen) atoms. The molecule has 0 spiro atoms. The molecule has 0 fully saturated rings. The molecule has 3 heteroatoms. The molecule has 0 aliphatic heterocycles. The highest BCUT2D eigenvalue weighted by molar-refractivity contribution is 6.13. The molecule has 2 aliphatic rings. The van der Waals surface area contributed by atoms with Gasteiger partial charge >= 0.3 is 0 Å². The Morgan fingerprint density at radius 1 is 0.564 bits per heavy atom. The van der Waals surface area contributed by atoms with Gasteiger partial charge in [0, 0.05) is 66.3 Å². The maximum absolute atomic E-state index is 6.61. The Kier molecular flexibility index (Phi) is 6.16. The zero-order valence-electron chi connectivity index (χ0n) is 31.0. The molecule has 0 amide bonds. The normalized spacial score (nSPS) is 15.9. The third kappa shape index (κ3) is 4.21. The topological polar surface area (TPSA) is 31.2 Å². The van der Waals surface area contributed by atoms with Gasteiger partial charge < -0.3 is 13.4 Å². The second-order valence-corrected chi connectivity index (χ2v) is 16.1. The molecule has 3 heterocycles. The van der Waals surface area contributed by atoms with E-state index in [-0.39, 0.29) is 5.41 Å². The SMILES string of the molecule is CC1CC(c2ccccc2)=Cc2c1n(-c1ccc3c(c1)C(C)(C)c1ccc4c(oc5ccccc54)c1-3)c1ccc(-c3cccc4c3oc3ccccc34)cc21. The van der Waals surface area contributed by atoms with Crippen LogP contribution in [-0.4, -0.2) is 4.57 Å². The molecule has 1 unspecified atom stereocenters. The molecule has 3 aromatic heterocycles. The van der Waals surface area contributed by atoms with E-state index in [1.807, 2.05) is 6.07 Å². The van der Waals surface area contributed by atoms with Crippen LogP contribution in [0.4, 0.5) is 0 Å². The summed E-state index contributed by atoms with van der Waals surface area (Å²) in [7, 11) is 0. The zero-order valence-corrected chi connectivity index (χ0v) is 31.0. The Balaban J connectivity index is 1.09. The van der Waals surface area contributed by atoms with Crippen molar-refractivity contribution in [2.45, 2.75) is 38.5 Å². The van der Waals surface area contributed by atoms with E-state index in [4.69, 9.17) is 8.83 Å². The molecule has 0 N–H and O–H groups in total. The molecular formula is C52H37NO2. The highest BCUT2D eigenvalue weighted by atomic mass is 16.3. The predicted molar refractivity (Wildman–Crippen MR) is 228 cm³/mol. The van der Waals surface area contributed by atoms with E-state index >= 15 is 0 Å². The Morgan fingerprint density at radius 3 is 2.07 bits per heavy atom. The van der Waals surface area contributed by atoms with E-state index in [2.05, 4.69) is 171 Å². The smallest absolute Gasteiger partial charge is 0.143 e. The highest BCUT2D eigenvalue weighted by Gasteiger charge is 2.38. The van der Waals surface area contributed by atoms with E-state index in [1.165, 1.54) is 72.0 Å². The van der Waals surface area contributed by atoms with Crippen LogP contribution in [0.3, 0.4) is 0 Å². The summed E-state index contributed by atoms with van der Waals surface area (Å²) in [6.07, 6.45) is 3.44.